The molecule has 5 nitrogen and oxygen atoms in total. The molecule has 0 amide bonds. The predicted octanol–water partition coefficient (Wildman–Crippen LogP) is 5.46. The molecule has 25 heavy (non-hydrogen) atoms. The highest BCUT2D eigenvalue weighted by atomic mass is 79.9. The summed E-state index contributed by atoms with van der Waals surface area (Å²) >= 11 is 3.44. The van der Waals surface area contributed by atoms with Crippen molar-refractivity contribution in [1.82, 2.24) is 4.98 Å². The zero-order valence-electron chi connectivity index (χ0n) is 14.5. The van der Waals surface area contributed by atoms with Crippen molar-refractivity contribution in [1.29, 1.82) is 0 Å². The number of hydrogen-bond acceptors (Lipinski definition) is 4. The molecule has 1 aromatic carbocycles. The Balaban J connectivity index is 1.76. The Kier molecular flexibility index (Phi) is 7.98. The van der Waals surface area contributed by atoms with Crippen LogP contribution in [0.4, 0.5) is 0 Å². The van der Waals surface area contributed by atoms with Crippen LogP contribution in [0.2, 0.25) is 0 Å². The lowest BCUT2D eigenvalue weighted by Gasteiger charge is -2.06. The summed E-state index contributed by atoms with van der Waals surface area (Å²) in [4.78, 5) is 15.0. The maximum absolute atomic E-state index is 11.0. The number of benzene rings is 1. The van der Waals surface area contributed by atoms with Gasteiger partial charge >= 0.3 is 5.97 Å². The normalized spacial score (nSPS) is 10.8. The molecular formula is C19H24BrNO4. The Labute approximate surface area is 156 Å². The van der Waals surface area contributed by atoms with Gasteiger partial charge in [0.25, 0.3) is 0 Å². The van der Waals surface area contributed by atoms with E-state index in [2.05, 4.69) is 20.9 Å². The summed E-state index contributed by atoms with van der Waals surface area (Å²) in [6, 6.07) is 7.36. The van der Waals surface area contributed by atoms with Crippen LogP contribution in [0.5, 0.6) is 5.75 Å². The number of rotatable bonds is 11. The van der Waals surface area contributed by atoms with Gasteiger partial charge in [0.15, 0.2) is 5.69 Å². The number of carboxylic acids is 1. The summed E-state index contributed by atoms with van der Waals surface area (Å²) < 4.78 is 11.2. The third kappa shape index (κ3) is 6.20. The number of carboxylic acid groups (broad SMARTS) is 1. The summed E-state index contributed by atoms with van der Waals surface area (Å²) in [6.45, 7) is 2.30. The van der Waals surface area contributed by atoms with Crippen molar-refractivity contribution in [3.05, 3.63) is 35.7 Å². The van der Waals surface area contributed by atoms with E-state index in [9.17, 15) is 4.79 Å². The number of unbranched alkanes of at least 4 members (excludes halogenated alkanes) is 5. The monoisotopic (exact) mass is 409 g/mol. The van der Waals surface area contributed by atoms with Crippen molar-refractivity contribution in [3.8, 4) is 17.2 Å². The number of aromatic carboxylic acids is 1. The van der Waals surface area contributed by atoms with E-state index in [0.29, 0.717) is 18.3 Å². The first-order valence-corrected chi connectivity index (χ1v) is 9.74. The molecule has 0 aliphatic rings. The van der Waals surface area contributed by atoms with Crippen LogP contribution in [0.1, 0.15) is 54.8 Å². The summed E-state index contributed by atoms with van der Waals surface area (Å²) in [5.74, 6) is 0.327. The number of ether oxygens (including phenoxy) is 1. The van der Waals surface area contributed by atoms with Gasteiger partial charge in [0.1, 0.15) is 11.5 Å². The van der Waals surface area contributed by atoms with Crippen LogP contribution in [0.25, 0.3) is 11.5 Å². The van der Waals surface area contributed by atoms with Crippen molar-refractivity contribution >= 4 is 21.9 Å². The molecule has 0 spiro atoms. The molecule has 0 saturated carbocycles. The fourth-order valence-electron chi connectivity index (χ4n) is 2.51. The van der Waals surface area contributed by atoms with Gasteiger partial charge in [0, 0.05) is 10.9 Å². The van der Waals surface area contributed by atoms with Gasteiger partial charge in [-0.15, -0.1) is 0 Å². The standard InChI is InChI=1S/C19H24BrNO4/c1-14-17(19(22)23)21-18(25-14)15-8-10-16(11-9-15)24-13-7-5-3-2-4-6-12-20/h8-11H,2-7,12-13H2,1H3,(H,22,23). The maximum atomic E-state index is 11.0. The van der Waals surface area contributed by atoms with Gasteiger partial charge in [-0.05, 0) is 44.0 Å². The highest BCUT2D eigenvalue weighted by molar-refractivity contribution is 9.09. The average molecular weight is 410 g/mol. The SMILES string of the molecule is Cc1oc(-c2ccc(OCCCCCCCCBr)cc2)nc1C(=O)O. The van der Waals surface area contributed by atoms with E-state index in [1.54, 1.807) is 6.92 Å². The van der Waals surface area contributed by atoms with Crippen LogP contribution >= 0.6 is 15.9 Å². The second-order valence-corrected chi connectivity index (χ2v) is 6.71. The maximum Gasteiger partial charge on any atom is 0.358 e. The number of aryl methyl sites for hydroxylation is 1. The van der Waals surface area contributed by atoms with Gasteiger partial charge in [-0.25, -0.2) is 9.78 Å². The van der Waals surface area contributed by atoms with Crippen LogP contribution in [0.15, 0.2) is 28.7 Å². The molecule has 0 radical (unpaired) electrons. The molecule has 0 bridgehead atoms. The van der Waals surface area contributed by atoms with E-state index in [1.165, 1.54) is 32.1 Å². The zero-order valence-corrected chi connectivity index (χ0v) is 16.0. The van der Waals surface area contributed by atoms with Crippen LogP contribution in [0.3, 0.4) is 0 Å². The van der Waals surface area contributed by atoms with Crippen molar-refractivity contribution < 1.29 is 19.1 Å². The molecule has 0 aliphatic heterocycles. The Hall–Kier alpha value is -1.82. The average Bonchev–Trinajstić information content (AvgIpc) is 3.00. The largest absolute Gasteiger partial charge is 0.494 e. The number of carbonyl (C=O) groups is 1. The molecule has 6 heteroatoms. The first-order chi connectivity index (χ1) is 12.1. The Morgan fingerprint density at radius 3 is 2.36 bits per heavy atom. The lowest BCUT2D eigenvalue weighted by molar-refractivity contribution is 0.0689. The van der Waals surface area contributed by atoms with Crippen LogP contribution in [0, 0.1) is 6.92 Å². The van der Waals surface area contributed by atoms with E-state index in [4.69, 9.17) is 14.3 Å². The molecule has 0 saturated heterocycles. The molecule has 136 valence electrons. The number of aromatic nitrogens is 1. The lowest BCUT2D eigenvalue weighted by atomic mass is 10.1. The molecule has 0 fully saturated rings. The van der Waals surface area contributed by atoms with Crippen molar-refractivity contribution in [2.24, 2.45) is 0 Å². The minimum atomic E-state index is -1.08. The van der Waals surface area contributed by atoms with Gasteiger partial charge in [-0.3, -0.25) is 0 Å². The minimum absolute atomic E-state index is 0.0496. The predicted molar refractivity (Wildman–Crippen MR) is 101 cm³/mol. The number of alkyl halides is 1. The Bertz CT molecular complexity index is 667. The highest BCUT2D eigenvalue weighted by Crippen LogP contribution is 2.24. The fourth-order valence-corrected chi connectivity index (χ4v) is 2.90. The van der Waals surface area contributed by atoms with Gasteiger partial charge < -0.3 is 14.3 Å². The molecule has 0 aliphatic carbocycles. The van der Waals surface area contributed by atoms with Crippen LogP contribution in [-0.4, -0.2) is 28.0 Å². The number of hydrogen-bond donors (Lipinski definition) is 1. The third-order valence-corrected chi connectivity index (χ3v) is 4.46. The summed E-state index contributed by atoms with van der Waals surface area (Å²) in [6.07, 6.45) is 7.32. The third-order valence-electron chi connectivity index (χ3n) is 3.90. The molecule has 0 atom stereocenters. The Morgan fingerprint density at radius 1 is 1.12 bits per heavy atom. The quantitative estimate of drug-likeness (QED) is 0.393. The van der Waals surface area contributed by atoms with E-state index in [1.807, 2.05) is 24.3 Å². The van der Waals surface area contributed by atoms with Crippen LogP contribution < -0.4 is 4.74 Å². The molecule has 1 aromatic heterocycles. The van der Waals surface area contributed by atoms with Crippen LogP contribution in [-0.2, 0) is 0 Å². The number of oxazole rings is 1. The number of halogens is 1. The number of nitrogens with zero attached hydrogens (tertiary/aromatic N) is 1. The van der Waals surface area contributed by atoms with E-state index in [-0.39, 0.29) is 5.69 Å². The smallest absolute Gasteiger partial charge is 0.358 e. The van der Waals surface area contributed by atoms with Gasteiger partial charge in [-0.1, -0.05) is 41.6 Å². The summed E-state index contributed by atoms with van der Waals surface area (Å²) in [5.41, 5.74) is 0.682. The van der Waals surface area contributed by atoms with E-state index < -0.39 is 5.97 Å². The topological polar surface area (TPSA) is 72.6 Å². The lowest BCUT2D eigenvalue weighted by Crippen LogP contribution is -1.98. The second-order valence-electron chi connectivity index (χ2n) is 5.91. The summed E-state index contributed by atoms with van der Waals surface area (Å²) in [7, 11) is 0. The van der Waals surface area contributed by atoms with Crippen molar-refractivity contribution in [3.63, 3.8) is 0 Å². The summed E-state index contributed by atoms with van der Waals surface area (Å²) in [5, 5.41) is 10.1. The van der Waals surface area contributed by atoms with Crippen molar-refractivity contribution in [2.75, 3.05) is 11.9 Å². The van der Waals surface area contributed by atoms with E-state index >= 15 is 0 Å². The molecule has 2 rings (SSSR count). The zero-order chi connectivity index (χ0) is 18.1. The molecule has 2 aromatic rings. The first kappa shape index (κ1) is 19.5. The fraction of sp³-hybridized carbons (Fsp3) is 0.474. The molecule has 1 N–H and O–H groups in total. The molecule has 0 unspecified atom stereocenters. The van der Waals surface area contributed by atoms with Gasteiger partial charge in [-0.2, -0.15) is 0 Å². The first-order valence-electron chi connectivity index (χ1n) is 8.61. The molecular weight excluding hydrogens is 386 g/mol. The highest BCUT2D eigenvalue weighted by Gasteiger charge is 2.16. The van der Waals surface area contributed by atoms with Gasteiger partial charge in [0.2, 0.25) is 5.89 Å². The second kappa shape index (κ2) is 10.2. The molecule has 1 heterocycles. The van der Waals surface area contributed by atoms with Gasteiger partial charge in [0.05, 0.1) is 6.61 Å². The Morgan fingerprint density at radius 2 is 1.76 bits per heavy atom. The minimum Gasteiger partial charge on any atom is -0.494 e. The van der Waals surface area contributed by atoms with E-state index in [0.717, 1.165) is 23.1 Å². The van der Waals surface area contributed by atoms with Crippen molar-refractivity contribution in [2.45, 2.75) is 45.4 Å².